The van der Waals surface area contributed by atoms with E-state index in [0.29, 0.717) is 29.7 Å². The molecule has 1 heterocycles. The third-order valence-electron chi connectivity index (χ3n) is 2.98. The van der Waals surface area contributed by atoms with Crippen molar-refractivity contribution < 1.29 is 19.0 Å². The minimum absolute atomic E-state index is 0.101. The first-order chi connectivity index (χ1) is 10.2. The van der Waals surface area contributed by atoms with Crippen molar-refractivity contribution in [1.29, 1.82) is 0 Å². The second kappa shape index (κ2) is 6.83. The number of aromatic hydroxyl groups is 1. The van der Waals surface area contributed by atoms with Gasteiger partial charge >= 0.3 is 5.63 Å². The third kappa shape index (κ3) is 3.18. The van der Waals surface area contributed by atoms with Gasteiger partial charge in [0.25, 0.3) is 0 Å². The van der Waals surface area contributed by atoms with E-state index in [1.54, 1.807) is 18.2 Å². The van der Waals surface area contributed by atoms with E-state index in [2.05, 4.69) is 0 Å². The van der Waals surface area contributed by atoms with Crippen LogP contribution < -0.4 is 15.1 Å². The maximum Gasteiger partial charge on any atom is 0.382 e. The highest BCUT2D eigenvalue weighted by Crippen LogP contribution is 2.38. The average molecular weight is 290 g/mol. The molecule has 5 heteroatoms. The monoisotopic (exact) mass is 290 g/mol. The van der Waals surface area contributed by atoms with Crippen LogP contribution in [0.15, 0.2) is 39.6 Å². The summed E-state index contributed by atoms with van der Waals surface area (Å²) in [6, 6.07) is 5.04. The number of hydrogen-bond donors (Lipinski definition) is 1. The summed E-state index contributed by atoms with van der Waals surface area (Å²) in [6.45, 7) is 2.39. The minimum atomic E-state index is -0.824. The third-order valence-corrected chi connectivity index (χ3v) is 2.98. The summed E-state index contributed by atoms with van der Waals surface area (Å²) in [5, 5.41) is 10.4. The predicted molar refractivity (Wildman–Crippen MR) is 80.2 cm³/mol. The van der Waals surface area contributed by atoms with Crippen molar-refractivity contribution in [3.05, 3.63) is 40.8 Å². The maximum atomic E-state index is 11.6. The summed E-state index contributed by atoms with van der Waals surface area (Å²) >= 11 is 0. The number of ether oxygens (including phenoxy) is 2. The average Bonchev–Trinajstić information content (AvgIpc) is 2.49. The van der Waals surface area contributed by atoms with E-state index in [4.69, 9.17) is 13.9 Å². The Morgan fingerprint density at radius 2 is 2.14 bits per heavy atom. The SMILES string of the molecule is CC/C=C/CCOc1c(O)c(=O)oc2cccc(OC)c12. The standard InChI is InChI=1S/C16H18O5/c1-3-4-5-6-10-20-15-13-11(19-2)8-7-9-12(13)21-16(18)14(15)17/h4-5,7-9,17H,3,6,10H2,1-2H3/b5-4+. The zero-order valence-corrected chi connectivity index (χ0v) is 12.1. The number of allylic oxidation sites excluding steroid dienone is 1. The minimum Gasteiger partial charge on any atom is -0.499 e. The lowest BCUT2D eigenvalue weighted by atomic mass is 10.2. The molecule has 0 saturated carbocycles. The lowest BCUT2D eigenvalue weighted by Crippen LogP contribution is -2.05. The van der Waals surface area contributed by atoms with Gasteiger partial charge in [-0.05, 0) is 25.0 Å². The topological polar surface area (TPSA) is 68.9 Å². The molecule has 0 aliphatic heterocycles. The van der Waals surface area contributed by atoms with E-state index < -0.39 is 11.4 Å². The molecule has 2 aromatic rings. The number of benzene rings is 1. The van der Waals surface area contributed by atoms with Gasteiger partial charge in [-0.15, -0.1) is 0 Å². The van der Waals surface area contributed by atoms with Crippen LogP contribution in [0.1, 0.15) is 19.8 Å². The molecule has 0 saturated heterocycles. The lowest BCUT2D eigenvalue weighted by Gasteiger charge is -2.11. The Morgan fingerprint density at radius 3 is 2.86 bits per heavy atom. The highest BCUT2D eigenvalue weighted by atomic mass is 16.5. The van der Waals surface area contributed by atoms with E-state index in [1.807, 2.05) is 19.1 Å². The van der Waals surface area contributed by atoms with Gasteiger partial charge in [0.2, 0.25) is 5.75 Å². The molecule has 21 heavy (non-hydrogen) atoms. The van der Waals surface area contributed by atoms with E-state index in [9.17, 15) is 9.90 Å². The molecule has 0 aliphatic rings. The molecule has 0 atom stereocenters. The van der Waals surface area contributed by atoms with Gasteiger partial charge in [0.05, 0.1) is 13.7 Å². The number of hydrogen-bond acceptors (Lipinski definition) is 5. The Hall–Kier alpha value is -2.43. The van der Waals surface area contributed by atoms with Gasteiger partial charge in [-0.1, -0.05) is 25.1 Å². The molecule has 1 N–H and O–H groups in total. The summed E-state index contributed by atoms with van der Waals surface area (Å²) in [5.41, 5.74) is -0.508. The van der Waals surface area contributed by atoms with Crippen LogP contribution >= 0.6 is 0 Å². The van der Waals surface area contributed by atoms with Crippen molar-refractivity contribution in [1.82, 2.24) is 0 Å². The van der Waals surface area contributed by atoms with Crippen molar-refractivity contribution >= 4 is 11.0 Å². The molecule has 0 fully saturated rings. The Morgan fingerprint density at radius 1 is 1.33 bits per heavy atom. The van der Waals surface area contributed by atoms with Gasteiger partial charge in [-0.3, -0.25) is 0 Å². The summed E-state index contributed by atoms with van der Waals surface area (Å²) in [6.07, 6.45) is 5.66. The van der Waals surface area contributed by atoms with Crippen LogP contribution in [0, 0.1) is 0 Å². The molecule has 5 nitrogen and oxygen atoms in total. The van der Waals surface area contributed by atoms with Crippen LogP contribution in [0.3, 0.4) is 0 Å². The molecule has 1 aromatic carbocycles. The molecule has 0 radical (unpaired) electrons. The predicted octanol–water partition coefficient (Wildman–Crippen LogP) is 3.24. The van der Waals surface area contributed by atoms with Crippen molar-refractivity contribution in [2.75, 3.05) is 13.7 Å². The molecule has 0 aliphatic carbocycles. The first kappa shape index (κ1) is 15.0. The Kier molecular flexibility index (Phi) is 4.87. The van der Waals surface area contributed by atoms with E-state index in [-0.39, 0.29) is 5.75 Å². The Labute approximate surface area is 122 Å². The second-order valence-electron chi connectivity index (χ2n) is 4.42. The first-order valence-electron chi connectivity index (χ1n) is 6.79. The molecule has 0 spiro atoms. The molecular weight excluding hydrogens is 272 g/mol. The number of rotatable bonds is 6. The summed E-state index contributed by atoms with van der Waals surface area (Å²) in [4.78, 5) is 11.6. The lowest BCUT2D eigenvalue weighted by molar-refractivity contribution is 0.299. The summed E-state index contributed by atoms with van der Waals surface area (Å²) < 4.78 is 15.9. The highest BCUT2D eigenvalue weighted by Gasteiger charge is 2.18. The Bertz CT molecular complexity index is 700. The molecule has 0 bridgehead atoms. The van der Waals surface area contributed by atoms with Gasteiger partial charge in [-0.2, -0.15) is 0 Å². The van der Waals surface area contributed by atoms with Crippen molar-refractivity contribution in [3.63, 3.8) is 0 Å². The molecule has 0 unspecified atom stereocenters. The van der Waals surface area contributed by atoms with Crippen molar-refractivity contribution in [2.24, 2.45) is 0 Å². The zero-order chi connectivity index (χ0) is 15.2. The zero-order valence-electron chi connectivity index (χ0n) is 12.1. The first-order valence-corrected chi connectivity index (χ1v) is 6.79. The number of methoxy groups -OCH3 is 1. The highest BCUT2D eigenvalue weighted by molar-refractivity contribution is 5.91. The Balaban J connectivity index is 2.42. The van der Waals surface area contributed by atoms with Gasteiger partial charge in [0.1, 0.15) is 16.7 Å². The fourth-order valence-corrected chi connectivity index (χ4v) is 2.00. The molecular formula is C16H18O5. The molecule has 2 rings (SSSR count). The van der Waals surface area contributed by atoms with E-state index >= 15 is 0 Å². The van der Waals surface area contributed by atoms with Gasteiger partial charge in [-0.25, -0.2) is 4.79 Å². The number of fused-ring (bicyclic) bond motifs is 1. The van der Waals surface area contributed by atoms with Gasteiger partial charge < -0.3 is 19.0 Å². The van der Waals surface area contributed by atoms with Crippen LogP contribution in [-0.2, 0) is 0 Å². The van der Waals surface area contributed by atoms with E-state index in [1.165, 1.54) is 7.11 Å². The van der Waals surface area contributed by atoms with E-state index in [0.717, 1.165) is 6.42 Å². The summed E-state index contributed by atoms with van der Waals surface area (Å²) in [5.74, 6) is 0.0423. The smallest absolute Gasteiger partial charge is 0.382 e. The normalized spacial score (nSPS) is 11.1. The van der Waals surface area contributed by atoms with Crippen molar-refractivity contribution in [2.45, 2.75) is 19.8 Å². The van der Waals surface area contributed by atoms with Gasteiger partial charge in [0.15, 0.2) is 5.75 Å². The van der Waals surface area contributed by atoms with Crippen LogP contribution in [-0.4, -0.2) is 18.8 Å². The van der Waals surface area contributed by atoms with Crippen LogP contribution in [0.5, 0.6) is 17.2 Å². The fourth-order valence-electron chi connectivity index (χ4n) is 2.00. The molecule has 0 amide bonds. The quantitative estimate of drug-likeness (QED) is 0.502. The van der Waals surface area contributed by atoms with Gasteiger partial charge in [0, 0.05) is 0 Å². The molecule has 112 valence electrons. The summed E-state index contributed by atoms with van der Waals surface area (Å²) in [7, 11) is 1.50. The second-order valence-corrected chi connectivity index (χ2v) is 4.42. The fraction of sp³-hybridized carbons (Fsp3) is 0.312. The van der Waals surface area contributed by atoms with Crippen LogP contribution in [0.4, 0.5) is 0 Å². The maximum absolute atomic E-state index is 11.6. The largest absolute Gasteiger partial charge is 0.499 e. The van der Waals surface area contributed by atoms with Crippen molar-refractivity contribution in [3.8, 4) is 17.2 Å². The van der Waals surface area contributed by atoms with Crippen LogP contribution in [0.2, 0.25) is 0 Å². The van der Waals surface area contributed by atoms with Crippen LogP contribution in [0.25, 0.3) is 11.0 Å². The molecule has 1 aromatic heterocycles.